The molecule has 1 saturated carbocycles. The highest BCUT2D eigenvalue weighted by molar-refractivity contribution is 5.13. The summed E-state index contributed by atoms with van der Waals surface area (Å²) in [5.41, 5.74) is 8.56. The van der Waals surface area contributed by atoms with E-state index >= 15 is 0 Å². The van der Waals surface area contributed by atoms with Crippen molar-refractivity contribution >= 4 is 0 Å². The van der Waals surface area contributed by atoms with E-state index in [1.54, 1.807) is 0 Å². The minimum atomic E-state index is 0.0286. The standard InChI is InChI=1S/C12H18N2/c1-10-5-4-6-11(14-10)9-12(13)7-2-3-8-12/h4-6H,2-3,7-9,13H2,1H3. The summed E-state index contributed by atoms with van der Waals surface area (Å²) in [5.74, 6) is 0. The fourth-order valence-electron chi connectivity index (χ4n) is 2.31. The van der Waals surface area contributed by atoms with Gasteiger partial charge in [0.2, 0.25) is 0 Å². The zero-order valence-electron chi connectivity index (χ0n) is 8.79. The lowest BCUT2D eigenvalue weighted by atomic mass is 9.93. The van der Waals surface area contributed by atoms with E-state index in [1.807, 2.05) is 13.0 Å². The molecule has 0 aliphatic heterocycles. The number of nitrogens with zero attached hydrogens (tertiary/aromatic N) is 1. The first-order chi connectivity index (χ1) is 6.68. The Labute approximate surface area is 85.5 Å². The van der Waals surface area contributed by atoms with Crippen molar-refractivity contribution in [2.24, 2.45) is 5.73 Å². The molecule has 0 saturated heterocycles. The minimum Gasteiger partial charge on any atom is -0.325 e. The normalized spacial score (nSPS) is 19.9. The molecule has 0 atom stereocenters. The molecule has 2 heteroatoms. The fourth-order valence-corrected chi connectivity index (χ4v) is 2.31. The molecule has 0 radical (unpaired) electrons. The maximum Gasteiger partial charge on any atom is 0.0425 e. The van der Waals surface area contributed by atoms with Crippen molar-refractivity contribution in [3.63, 3.8) is 0 Å². The van der Waals surface area contributed by atoms with Crippen LogP contribution in [0.5, 0.6) is 0 Å². The van der Waals surface area contributed by atoms with Gasteiger partial charge >= 0.3 is 0 Å². The van der Waals surface area contributed by atoms with Crippen LogP contribution >= 0.6 is 0 Å². The van der Waals surface area contributed by atoms with Gasteiger partial charge in [0.15, 0.2) is 0 Å². The first kappa shape index (κ1) is 9.66. The number of hydrogen-bond donors (Lipinski definition) is 1. The Morgan fingerprint density at radius 2 is 2.07 bits per heavy atom. The SMILES string of the molecule is Cc1cccc(CC2(N)CCCC2)n1. The van der Waals surface area contributed by atoms with E-state index in [0.29, 0.717) is 0 Å². The Balaban J connectivity index is 2.10. The summed E-state index contributed by atoms with van der Waals surface area (Å²) in [6, 6.07) is 6.18. The van der Waals surface area contributed by atoms with Gasteiger partial charge < -0.3 is 5.73 Å². The molecule has 0 aromatic carbocycles. The van der Waals surface area contributed by atoms with Gasteiger partial charge in [0, 0.05) is 23.3 Å². The third-order valence-corrected chi connectivity index (χ3v) is 3.08. The van der Waals surface area contributed by atoms with Gasteiger partial charge in [-0.05, 0) is 31.9 Å². The molecule has 2 rings (SSSR count). The minimum absolute atomic E-state index is 0.0286. The van der Waals surface area contributed by atoms with Crippen LogP contribution in [0.4, 0.5) is 0 Å². The van der Waals surface area contributed by atoms with Gasteiger partial charge in [0.05, 0.1) is 0 Å². The molecule has 1 aliphatic carbocycles. The van der Waals surface area contributed by atoms with E-state index in [9.17, 15) is 0 Å². The van der Waals surface area contributed by atoms with Crippen LogP contribution in [0.3, 0.4) is 0 Å². The van der Waals surface area contributed by atoms with Crippen molar-refractivity contribution in [3.05, 3.63) is 29.6 Å². The van der Waals surface area contributed by atoms with Crippen LogP contribution in [0.1, 0.15) is 37.1 Å². The number of hydrogen-bond acceptors (Lipinski definition) is 2. The van der Waals surface area contributed by atoms with Gasteiger partial charge in [0.1, 0.15) is 0 Å². The van der Waals surface area contributed by atoms with Crippen LogP contribution in [-0.2, 0) is 6.42 Å². The third-order valence-electron chi connectivity index (χ3n) is 3.08. The molecule has 1 aromatic rings. The molecule has 0 bridgehead atoms. The average Bonchev–Trinajstić information content (AvgIpc) is 2.51. The molecule has 2 nitrogen and oxygen atoms in total. The highest BCUT2D eigenvalue weighted by Gasteiger charge is 2.29. The van der Waals surface area contributed by atoms with Crippen LogP contribution in [0.15, 0.2) is 18.2 Å². The molecule has 76 valence electrons. The maximum absolute atomic E-state index is 6.30. The topological polar surface area (TPSA) is 38.9 Å². The Hall–Kier alpha value is -0.890. The summed E-state index contributed by atoms with van der Waals surface area (Å²) in [6.45, 7) is 2.03. The summed E-state index contributed by atoms with van der Waals surface area (Å²) in [7, 11) is 0. The van der Waals surface area contributed by atoms with Crippen LogP contribution in [0.25, 0.3) is 0 Å². The molecular formula is C12H18N2. The summed E-state index contributed by atoms with van der Waals surface area (Å²) in [6.07, 6.45) is 5.81. The third kappa shape index (κ3) is 2.13. The number of nitrogens with two attached hydrogens (primary N) is 1. The van der Waals surface area contributed by atoms with Gasteiger partial charge in [-0.25, -0.2) is 0 Å². The Morgan fingerprint density at radius 3 is 2.71 bits per heavy atom. The van der Waals surface area contributed by atoms with Crippen molar-refractivity contribution in [2.45, 2.75) is 44.6 Å². The van der Waals surface area contributed by atoms with Gasteiger partial charge in [-0.15, -0.1) is 0 Å². The van der Waals surface area contributed by atoms with E-state index in [-0.39, 0.29) is 5.54 Å². The van der Waals surface area contributed by atoms with Crippen LogP contribution in [0, 0.1) is 6.92 Å². The smallest absolute Gasteiger partial charge is 0.0425 e. The van der Waals surface area contributed by atoms with Gasteiger partial charge in [-0.3, -0.25) is 4.98 Å². The molecule has 14 heavy (non-hydrogen) atoms. The molecule has 1 aliphatic rings. The van der Waals surface area contributed by atoms with Crippen molar-refractivity contribution in [1.82, 2.24) is 4.98 Å². The van der Waals surface area contributed by atoms with Crippen molar-refractivity contribution < 1.29 is 0 Å². The van der Waals surface area contributed by atoms with Crippen LogP contribution in [-0.4, -0.2) is 10.5 Å². The van der Waals surface area contributed by atoms with E-state index in [0.717, 1.165) is 30.7 Å². The molecular weight excluding hydrogens is 172 g/mol. The molecule has 0 unspecified atom stereocenters. The number of rotatable bonds is 2. The lowest BCUT2D eigenvalue weighted by molar-refractivity contribution is 0.431. The molecule has 2 N–H and O–H groups in total. The maximum atomic E-state index is 6.30. The molecule has 0 amide bonds. The number of aryl methyl sites for hydroxylation is 1. The second kappa shape index (κ2) is 3.70. The van der Waals surface area contributed by atoms with Gasteiger partial charge in [0.25, 0.3) is 0 Å². The highest BCUT2D eigenvalue weighted by Crippen LogP contribution is 2.29. The Kier molecular flexibility index (Phi) is 2.55. The summed E-state index contributed by atoms with van der Waals surface area (Å²) in [4.78, 5) is 4.50. The highest BCUT2D eigenvalue weighted by atomic mass is 14.8. The summed E-state index contributed by atoms with van der Waals surface area (Å²) < 4.78 is 0. The fraction of sp³-hybridized carbons (Fsp3) is 0.583. The van der Waals surface area contributed by atoms with Crippen molar-refractivity contribution in [1.29, 1.82) is 0 Å². The molecule has 1 heterocycles. The van der Waals surface area contributed by atoms with Crippen LogP contribution < -0.4 is 5.73 Å². The van der Waals surface area contributed by atoms with Crippen molar-refractivity contribution in [3.8, 4) is 0 Å². The zero-order chi connectivity index (χ0) is 10.0. The van der Waals surface area contributed by atoms with E-state index in [4.69, 9.17) is 5.73 Å². The zero-order valence-corrected chi connectivity index (χ0v) is 8.79. The lowest BCUT2D eigenvalue weighted by Gasteiger charge is -2.22. The Bertz CT molecular complexity index is 314. The largest absolute Gasteiger partial charge is 0.325 e. The van der Waals surface area contributed by atoms with E-state index < -0.39 is 0 Å². The monoisotopic (exact) mass is 190 g/mol. The molecule has 0 spiro atoms. The molecule has 1 aromatic heterocycles. The molecule has 1 fully saturated rings. The Morgan fingerprint density at radius 1 is 1.36 bits per heavy atom. The first-order valence-corrected chi connectivity index (χ1v) is 5.39. The first-order valence-electron chi connectivity index (χ1n) is 5.39. The predicted octanol–water partition coefficient (Wildman–Crippen LogP) is 2.20. The van der Waals surface area contributed by atoms with E-state index in [1.165, 1.54) is 12.8 Å². The quantitative estimate of drug-likeness (QED) is 0.776. The van der Waals surface area contributed by atoms with E-state index in [2.05, 4.69) is 17.1 Å². The summed E-state index contributed by atoms with van der Waals surface area (Å²) >= 11 is 0. The van der Waals surface area contributed by atoms with Gasteiger partial charge in [-0.2, -0.15) is 0 Å². The van der Waals surface area contributed by atoms with Crippen LogP contribution in [0.2, 0.25) is 0 Å². The predicted molar refractivity (Wildman–Crippen MR) is 58.1 cm³/mol. The summed E-state index contributed by atoms with van der Waals surface area (Å²) in [5, 5.41) is 0. The van der Waals surface area contributed by atoms with Gasteiger partial charge in [-0.1, -0.05) is 18.9 Å². The number of pyridine rings is 1. The van der Waals surface area contributed by atoms with Crippen molar-refractivity contribution in [2.75, 3.05) is 0 Å². The second-order valence-corrected chi connectivity index (χ2v) is 4.52. The lowest BCUT2D eigenvalue weighted by Crippen LogP contribution is -2.39. The number of aromatic nitrogens is 1. The second-order valence-electron chi connectivity index (χ2n) is 4.52. The average molecular weight is 190 g/mol.